The number of nitrogens with one attached hydrogen (secondary N) is 1. The third-order valence-corrected chi connectivity index (χ3v) is 5.14. The van der Waals surface area contributed by atoms with Crippen molar-refractivity contribution >= 4 is 57.6 Å². The Morgan fingerprint density at radius 3 is 1.89 bits per heavy atom. The Balaban J connectivity index is -0.000000447. The molecule has 0 aliphatic heterocycles. The molecule has 0 saturated heterocycles. The fraction of sp³-hybridized carbons (Fsp3) is 0.435. The number of hydroxylamine groups is 1. The third-order valence-electron chi connectivity index (χ3n) is 3.75. The van der Waals surface area contributed by atoms with Crippen LogP contribution in [0.25, 0.3) is 11.1 Å². The first-order valence-corrected chi connectivity index (χ1v) is 11.1. The zero-order valence-electron chi connectivity index (χ0n) is 21.7. The molecule has 3 rings (SSSR count). The van der Waals surface area contributed by atoms with E-state index in [2.05, 4.69) is 15.1 Å². The van der Waals surface area contributed by atoms with Gasteiger partial charge < -0.3 is 15.4 Å². The maximum Gasteiger partial charge on any atom is 1.00 e. The van der Waals surface area contributed by atoms with Gasteiger partial charge in [0.15, 0.2) is 5.82 Å². The molecule has 0 fully saturated rings. The number of pyridine rings is 2. The number of fused-ring (bicyclic) bond motifs is 1. The van der Waals surface area contributed by atoms with Crippen molar-refractivity contribution in [1.82, 2.24) is 20.6 Å². The summed E-state index contributed by atoms with van der Waals surface area (Å²) >= 11 is 17.6. The Morgan fingerprint density at radius 1 is 1.08 bits per heavy atom. The molecule has 0 spiro atoms. The molecule has 200 valence electrons. The van der Waals surface area contributed by atoms with Gasteiger partial charge in [0.1, 0.15) is 11.2 Å². The Labute approximate surface area is 275 Å². The van der Waals surface area contributed by atoms with Gasteiger partial charge in [0.25, 0.3) is 5.71 Å². The molecule has 0 radical (unpaired) electrons. The van der Waals surface area contributed by atoms with E-state index in [0.717, 1.165) is 11.3 Å². The van der Waals surface area contributed by atoms with Gasteiger partial charge in [-0.15, -0.1) is 5.60 Å². The number of aromatic nitrogens is 3. The van der Waals surface area contributed by atoms with Crippen LogP contribution < -0.4 is 67.7 Å². The SMILES string of the molecule is C.CC(=O)NO.CC(C)(C)[O-].Cc1nc(Cl)c(C#N)c(C)c1Cl.Cc1nc2onc(N)c2c(C)c1Cl.[K+]. The van der Waals surface area contributed by atoms with E-state index in [1.165, 1.54) is 12.4 Å². The molecule has 3 aromatic rings. The minimum atomic E-state index is -0.750. The molecular weight excluding hydrogens is 570 g/mol. The quantitative estimate of drug-likeness (QED) is 0.151. The van der Waals surface area contributed by atoms with Crippen molar-refractivity contribution in [2.75, 3.05) is 5.73 Å². The summed E-state index contributed by atoms with van der Waals surface area (Å²) in [5, 5.41) is 32.0. The number of nitriles is 1. The Morgan fingerprint density at radius 2 is 1.49 bits per heavy atom. The summed E-state index contributed by atoms with van der Waals surface area (Å²) in [5.41, 5.74) is 9.96. The summed E-state index contributed by atoms with van der Waals surface area (Å²) in [7, 11) is 0. The molecule has 0 saturated carbocycles. The number of anilines is 1. The van der Waals surface area contributed by atoms with Crippen LogP contribution in [-0.4, -0.2) is 31.8 Å². The van der Waals surface area contributed by atoms with Crippen LogP contribution in [0.5, 0.6) is 0 Å². The van der Waals surface area contributed by atoms with E-state index in [-0.39, 0.29) is 64.0 Å². The van der Waals surface area contributed by atoms with Crippen LogP contribution in [0.2, 0.25) is 15.2 Å². The summed E-state index contributed by atoms with van der Waals surface area (Å²) in [4.78, 5) is 17.5. The van der Waals surface area contributed by atoms with E-state index >= 15 is 0 Å². The third kappa shape index (κ3) is 14.1. The van der Waals surface area contributed by atoms with Gasteiger partial charge >= 0.3 is 51.4 Å². The number of rotatable bonds is 0. The number of carbonyl (C=O) groups is 1. The van der Waals surface area contributed by atoms with Crippen molar-refractivity contribution in [3.63, 3.8) is 0 Å². The van der Waals surface area contributed by atoms with E-state index < -0.39 is 11.5 Å². The molecule has 0 aliphatic carbocycles. The molecule has 0 aromatic carbocycles. The smallest absolute Gasteiger partial charge is 0.850 e. The van der Waals surface area contributed by atoms with Gasteiger partial charge in [-0.1, -0.05) is 68.2 Å². The number of hydrogen-bond acceptors (Lipinski definition) is 9. The van der Waals surface area contributed by atoms with Crippen molar-refractivity contribution in [1.29, 1.82) is 5.26 Å². The normalized spacial score (nSPS) is 9.51. The fourth-order valence-electron chi connectivity index (χ4n) is 2.22. The van der Waals surface area contributed by atoms with E-state index in [9.17, 15) is 9.90 Å². The van der Waals surface area contributed by atoms with Crippen LogP contribution >= 0.6 is 34.8 Å². The largest absolute Gasteiger partial charge is 1.00 e. The molecular formula is C23H32Cl3KN6O4. The summed E-state index contributed by atoms with van der Waals surface area (Å²) < 4.78 is 4.92. The molecule has 3 heterocycles. The van der Waals surface area contributed by atoms with E-state index in [0.29, 0.717) is 43.8 Å². The zero-order valence-corrected chi connectivity index (χ0v) is 27.1. The Bertz CT molecular complexity index is 1220. The van der Waals surface area contributed by atoms with Gasteiger partial charge in [0.2, 0.25) is 5.91 Å². The van der Waals surface area contributed by atoms with Gasteiger partial charge in [0.05, 0.1) is 32.4 Å². The number of nitrogen functional groups attached to an aromatic ring is 1. The van der Waals surface area contributed by atoms with Crippen molar-refractivity contribution in [3.8, 4) is 6.07 Å². The second kappa shape index (κ2) is 18.3. The fourth-order valence-corrected chi connectivity index (χ4v) is 2.81. The second-order valence-corrected chi connectivity index (χ2v) is 9.19. The maximum atomic E-state index is 10.1. The number of aryl methyl sites for hydroxylation is 3. The molecule has 1 amide bonds. The minimum absolute atomic E-state index is 0. The zero-order chi connectivity index (χ0) is 27.7. The van der Waals surface area contributed by atoms with Crippen LogP contribution in [0.3, 0.4) is 0 Å². The molecule has 0 bridgehead atoms. The Kier molecular flexibility index (Phi) is 20.0. The predicted molar refractivity (Wildman–Crippen MR) is 141 cm³/mol. The van der Waals surface area contributed by atoms with E-state index in [4.69, 9.17) is 55.5 Å². The average Bonchev–Trinajstić information content (AvgIpc) is 3.10. The van der Waals surface area contributed by atoms with Gasteiger partial charge in [-0.05, 0) is 38.8 Å². The summed E-state index contributed by atoms with van der Waals surface area (Å²) in [5.74, 6) is -0.105. The van der Waals surface area contributed by atoms with Gasteiger partial charge in [-0.3, -0.25) is 10.0 Å². The predicted octanol–water partition coefficient (Wildman–Crippen LogP) is 2.25. The van der Waals surface area contributed by atoms with Crippen LogP contribution in [0.1, 0.15) is 63.2 Å². The van der Waals surface area contributed by atoms with Crippen molar-refractivity contribution in [3.05, 3.63) is 43.3 Å². The van der Waals surface area contributed by atoms with Gasteiger partial charge in [-0.25, -0.2) is 15.4 Å². The van der Waals surface area contributed by atoms with Gasteiger partial charge in [0, 0.05) is 6.92 Å². The number of hydrogen-bond donors (Lipinski definition) is 3. The molecule has 4 N–H and O–H groups in total. The molecule has 37 heavy (non-hydrogen) atoms. The molecule has 0 atom stereocenters. The van der Waals surface area contributed by atoms with Gasteiger partial charge in [-0.2, -0.15) is 5.26 Å². The molecule has 10 nitrogen and oxygen atoms in total. The van der Waals surface area contributed by atoms with Crippen LogP contribution in [0, 0.1) is 39.0 Å². The molecule has 0 aliphatic rings. The summed E-state index contributed by atoms with van der Waals surface area (Å²) in [6, 6.07) is 1.95. The first-order valence-electron chi connectivity index (χ1n) is 9.97. The monoisotopic (exact) mass is 600 g/mol. The van der Waals surface area contributed by atoms with Crippen LogP contribution in [-0.2, 0) is 4.79 Å². The van der Waals surface area contributed by atoms with Crippen molar-refractivity contribution in [2.45, 2.75) is 68.4 Å². The Hall–Kier alpha value is -1.04. The minimum Gasteiger partial charge on any atom is -0.850 e. The summed E-state index contributed by atoms with van der Waals surface area (Å²) in [6.07, 6.45) is 0. The number of carbonyl (C=O) groups excluding carboxylic acids is 1. The standard InChI is InChI=1S/C8H6Cl2N2.C8H8ClN3O.C4H9O.C2H5NO2.CH4.K/c1-4-6(3-11)8(10)12-5(2)7(4)9;1-3-5-7(10)12-13-8(5)11-4(2)6(3)9;1-4(2,3)5;1-2(4)3-5;;/h1-2H3;1-2H3,(H2,10,12);1-3H3;5H,1H3,(H,3,4);1H4;/q;;-1;;;+1. The summed E-state index contributed by atoms with van der Waals surface area (Å²) in [6.45, 7) is 13.3. The number of halogens is 3. The number of amides is 1. The molecule has 3 aromatic heterocycles. The molecule has 14 heteroatoms. The maximum absolute atomic E-state index is 10.1. The first kappa shape index (κ1) is 40.5. The number of nitrogens with two attached hydrogens (primary N) is 1. The first-order chi connectivity index (χ1) is 16.0. The number of nitrogens with zero attached hydrogens (tertiary/aromatic N) is 4. The van der Waals surface area contributed by atoms with Crippen LogP contribution in [0.4, 0.5) is 5.82 Å². The second-order valence-electron chi connectivity index (χ2n) is 8.08. The topological polar surface area (TPSA) is 174 Å². The molecule has 0 unspecified atom stereocenters. The average molecular weight is 602 g/mol. The van der Waals surface area contributed by atoms with E-state index in [1.807, 2.05) is 19.9 Å². The van der Waals surface area contributed by atoms with Crippen molar-refractivity contribution in [2.24, 2.45) is 0 Å². The van der Waals surface area contributed by atoms with E-state index in [1.54, 1.807) is 34.6 Å². The van der Waals surface area contributed by atoms with Crippen LogP contribution in [0.15, 0.2) is 4.52 Å². The van der Waals surface area contributed by atoms with Crippen molar-refractivity contribution < 1.29 is 71.0 Å².